The monoisotopic (exact) mass is 444 g/mol. The third-order valence-electron chi connectivity index (χ3n) is 5.80. The molecule has 172 valence electrons. The lowest BCUT2D eigenvalue weighted by molar-refractivity contribution is -0.00530. The first-order valence-corrected chi connectivity index (χ1v) is 11.5. The van der Waals surface area contributed by atoms with Gasteiger partial charge in [-0.3, -0.25) is 0 Å². The van der Waals surface area contributed by atoms with E-state index in [1.165, 1.54) is 18.6 Å². The van der Waals surface area contributed by atoms with E-state index in [0.717, 1.165) is 25.7 Å². The molecule has 0 amide bonds. The van der Waals surface area contributed by atoms with E-state index in [4.69, 9.17) is 9.47 Å². The number of unbranched alkanes of at least 4 members (excludes halogenated alkanes) is 4. The Morgan fingerprint density at radius 1 is 1.00 bits per heavy atom. The van der Waals surface area contributed by atoms with Crippen LogP contribution in [0.15, 0.2) is 30.3 Å². The van der Waals surface area contributed by atoms with Crippen molar-refractivity contribution in [1.82, 2.24) is 0 Å². The molecule has 32 heavy (non-hydrogen) atoms. The molecule has 5 heteroatoms. The molecule has 0 radical (unpaired) electrons. The highest BCUT2D eigenvalue weighted by atomic mass is 19.2. The summed E-state index contributed by atoms with van der Waals surface area (Å²) in [6.07, 6.45) is 6.03. The number of hydrogen-bond acceptors (Lipinski definition) is 2. The van der Waals surface area contributed by atoms with Crippen molar-refractivity contribution in [2.45, 2.75) is 64.9 Å². The molecule has 1 aliphatic rings. The molecule has 0 bridgehead atoms. The third kappa shape index (κ3) is 6.53. The standard InChI is InChI=1S/C27H31F3O2/c1-3-4-5-6-7-16-31-25-15-13-22(26(29)27(25)30)24-14-12-21(18-32-24)11-10-20-9-8-19(2)23(28)17-20/h8-9,13,15,17,21,24H,3-7,12,14,16,18H2,1-2H3. The van der Waals surface area contributed by atoms with E-state index in [9.17, 15) is 13.2 Å². The SMILES string of the molecule is CCCCCCCOc1ccc(C2CCC(C#Cc3ccc(C)c(F)c3)CO2)c(F)c1F. The molecule has 0 N–H and O–H groups in total. The van der Waals surface area contributed by atoms with Gasteiger partial charge in [-0.15, -0.1) is 0 Å². The number of halogens is 3. The fourth-order valence-corrected chi connectivity index (χ4v) is 3.76. The summed E-state index contributed by atoms with van der Waals surface area (Å²) in [5.41, 5.74) is 1.41. The molecule has 3 rings (SSSR count). The zero-order chi connectivity index (χ0) is 22.9. The van der Waals surface area contributed by atoms with Crippen molar-refractivity contribution in [2.24, 2.45) is 5.92 Å². The lowest BCUT2D eigenvalue weighted by Gasteiger charge is -2.27. The van der Waals surface area contributed by atoms with Crippen LogP contribution in [0.1, 0.15) is 74.7 Å². The fourth-order valence-electron chi connectivity index (χ4n) is 3.76. The van der Waals surface area contributed by atoms with E-state index < -0.39 is 17.7 Å². The average molecular weight is 445 g/mol. The molecule has 2 aromatic rings. The van der Waals surface area contributed by atoms with Crippen LogP contribution in [0, 0.1) is 42.1 Å². The zero-order valence-electron chi connectivity index (χ0n) is 18.9. The van der Waals surface area contributed by atoms with Gasteiger partial charge in [0.25, 0.3) is 0 Å². The van der Waals surface area contributed by atoms with Gasteiger partial charge >= 0.3 is 0 Å². The third-order valence-corrected chi connectivity index (χ3v) is 5.80. The lowest BCUT2D eigenvalue weighted by Crippen LogP contribution is -2.21. The summed E-state index contributed by atoms with van der Waals surface area (Å²) in [5, 5.41) is 0. The molecule has 1 heterocycles. The van der Waals surface area contributed by atoms with E-state index in [2.05, 4.69) is 18.8 Å². The van der Waals surface area contributed by atoms with Crippen molar-refractivity contribution in [1.29, 1.82) is 0 Å². The zero-order valence-corrected chi connectivity index (χ0v) is 18.9. The van der Waals surface area contributed by atoms with Crippen molar-refractivity contribution in [3.05, 3.63) is 64.5 Å². The molecule has 2 nitrogen and oxygen atoms in total. The summed E-state index contributed by atoms with van der Waals surface area (Å²) >= 11 is 0. The molecule has 0 aliphatic carbocycles. The summed E-state index contributed by atoms with van der Waals surface area (Å²) < 4.78 is 54.0. The van der Waals surface area contributed by atoms with Crippen LogP contribution in [0.25, 0.3) is 0 Å². The maximum Gasteiger partial charge on any atom is 0.200 e. The smallest absolute Gasteiger partial charge is 0.200 e. The van der Waals surface area contributed by atoms with Crippen LogP contribution in [0.2, 0.25) is 0 Å². The predicted octanol–water partition coefficient (Wildman–Crippen LogP) is 7.28. The molecule has 1 aliphatic heterocycles. The first kappa shape index (κ1) is 24.2. The van der Waals surface area contributed by atoms with Crippen molar-refractivity contribution >= 4 is 0 Å². The molecule has 1 fully saturated rings. The molecular weight excluding hydrogens is 413 g/mol. The van der Waals surface area contributed by atoms with E-state index in [1.54, 1.807) is 25.1 Å². The number of aryl methyl sites for hydroxylation is 1. The van der Waals surface area contributed by atoms with Crippen LogP contribution in [0.4, 0.5) is 13.2 Å². The highest BCUT2D eigenvalue weighted by Crippen LogP contribution is 2.34. The summed E-state index contributed by atoms with van der Waals surface area (Å²) in [6, 6.07) is 7.94. The van der Waals surface area contributed by atoms with Gasteiger partial charge in [-0.1, -0.05) is 50.5 Å². The number of hydrogen-bond donors (Lipinski definition) is 0. The van der Waals surface area contributed by atoms with Gasteiger partial charge in [0.1, 0.15) is 5.82 Å². The summed E-state index contributed by atoms with van der Waals surface area (Å²) in [6.45, 7) is 4.55. The highest BCUT2D eigenvalue weighted by Gasteiger charge is 2.26. The Labute approximate surface area is 189 Å². The van der Waals surface area contributed by atoms with Crippen molar-refractivity contribution < 1.29 is 22.6 Å². The van der Waals surface area contributed by atoms with Gasteiger partial charge < -0.3 is 9.47 Å². The molecule has 0 saturated carbocycles. The maximum absolute atomic E-state index is 14.7. The second-order valence-corrected chi connectivity index (χ2v) is 8.37. The Morgan fingerprint density at radius 2 is 1.81 bits per heavy atom. The lowest BCUT2D eigenvalue weighted by atomic mass is 9.94. The van der Waals surface area contributed by atoms with Crippen molar-refractivity contribution in [3.63, 3.8) is 0 Å². The molecule has 0 spiro atoms. The van der Waals surface area contributed by atoms with Crippen LogP contribution >= 0.6 is 0 Å². The van der Waals surface area contributed by atoms with Crippen molar-refractivity contribution in [3.8, 4) is 17.6 Å². The van der Waals surface area contributed by atoms with Crippen LogP contribution in [0.5, 0.6) is 5.75 Å². The minimum atomic E-state index is -0.956. The molecule has 1 saturated heterocycles. The van der Waals surface area contributed by atoms with Gasteiger partial charge in [-0.2, -0.15) is 4.39 Å². The van der Waals surface area contributed by atoms with Crippen LogP contribution < -0.4 is 4.74 Å². The minimum absolute atomic E-state index is 0.0289. The van der Waals surface area contributed by atoms with E-state index in [0.29, 0.717) is 37.2 Å². The molecule has 2 aromatic carbocycles. The van der Waals surface area contributed by atoms with Gasteiger partial charge in [0.05, 0.1) is 19.3 Å². The highest BCUT2D eigenvalue weighted by molar-refractivity contribution is 5.37. The molecular formula is C27H31F3O2. The molecule has 2 atom stereocenters. The predicted molar refractivity (Wildman–Crippen MR) is 120 cm³/mol. The number of benzene rings is 2. The number of rotatable bonds is 8. The van der Waals surface area contributed by atoms with E-state index in [1.807, 2.05) is 0 Å². The quantitative estimate of drug-likeness (QED) is 0.315. The Hall–Kier alpha value is -2.45. The van der Waals surface area contributed by atoms with Gasteiger partial charge in [0.2, 0.25) is 5.82 Å². The largest absolute Gasteiger partial charge is 0.490 e. The van der Waals surface area contributed by atoms with Gasteiger partial charge in [0, 0.05) is 17.0 Å². The summed E-state index contributed by atoms with van der Waals surface area (Å²) in [5.74, 6) is 3.87. The van der Waals surface area contributed by atoms with Gasteiger partial charge in [-0.25, -0.2) is 8.78 Å². The molecule has 0 aromatic heterocycles. The fraction of sp³-hybridized carbons (Fsp3) is 0.481. The average Bonchev–Trinajstić information content (AvgIpc) is 2.80. The van der Waals surface area contributed by atoms with Crippen LogP contribution in [0.3, 0.4) is 0 Å². The number of ether oxygens (including phenoxy) is 2. The van der Waals surface area contributed by atoms with E-state index >= 15 is 0 Å². The molecule has 2 unspecified atom stereocenters. The second-order valence-electron chi connectivity index (χ2n) is 8.37. The topological polar surface area (TPSA) is 18.5 Å². The maximum atomic E-state index is 14.7. The minimum Gasteiger partial charge on any atom is -0.490 e. The van der Waals surface area contributed by atoms with Gasteiger partial charge in [-0.05, 0) is 56.0 Å². The normalized spacial score (nSPS) is 18.2. The summed E-state index contributed by atoms with van der Waals surface area (Å²) in [4.78, 5) is 0. The Bertz CT molecular complexity index is 953. The Balaban J connectivity index is 1.53. The Kier molecular flexibility index (Phi) is 9.05. The van der Waals surface area contributed by atoms with Crippen LogP contribution in [-0.4, -0.2) is 13.2 Å². The van der Waals surface area contributed by atoms with Crippen molar-refractivity contribution in [2.75, 3.05) is 13.2 Å². The Morgan fingerprint density at radius 3 is 2.53 bits per heavy atom. The first-order chi connectivity index (χ1) is 15.5. The second kappa shape index (κ2) is 12.0. The van der Waals surface area contributed by atoms with Gasteiger partial charge in [0.15, 0.2) is 11.6 Å². The van der Waals surface area contributed by atoms with E-state index in [-0.39, 0.29) is 23.0 Å². The first-order valence-electron chi connectivity index (χ1n) is 11.5. The van der Waals surface area contributed by atoms with Crippen LogP contribution in [-0.2, 0) is 4.74 Å². The summed E-state index contributed by atoms with van der Waals surface area (Å²) in [7, 11) is 0.